The van der Waals surface area contributed by atoms with Gasteiger partial charge in [-0.3, -0.25) is 0 Å². The van der Waals surface area contributed by atoms with Gasteiger partial charge >= 0.3 is 0 Å². The largest absolute Gasteiger partial charge is 0.383 e. The number of nitrogen functional groups attached to an aromatic ring is 1. The van der Waals surface area contributed by atoms with Gasteiger partial charge in [0.1, 0.15) is 23.7 Å². The van der Waals surface area contributed by atoms with Gasteiger partial charge in [0.25, 0.3) is 0 Å². The molecule has 146 valence electrons. The van der Waals surface area contributed by atoms with Crippen LogP contribution in [0.25, 0.3) is 0 Å². The second-order valence-corrected chi connectivity index (χ2v) is 6.83. The van der Waals surface area contributed by atoms with Crippen LogP contribution in [0.15, 0.2) is 55.0 Å². The van der Waals surface area contributed by atoms with Crippen molar-refractivity contribution < 1.29 is 4.74 Å². The molecule has 6 nitrogen and oxygen atoms in total. The lowest BCUT2D eigenvalue weighted by molar-refractivity contribution is 0.122. The summed E-state index contributed by atoms with van der Waals surface area (Å²) in [5.41, 5.74) is 9.76. The summed E-state index contributed by atoms with van der Waals surface area (Å²) >= 11 is 0. The molecule has 0 amide bonds. The highest BCUT2D eigenvalue weighted by atomic mass is 16.5. The third kappa shape index (κ3) is 4.89. The minimum Gasteiger partial charge on any atom is -0.383 e. The summed E-state index contributed by atoms with van der Waals surface area (Å²) in [6.07, 6.45) is 4.87. The van der Waals surface area contributed by atoms with E-state index in [0.717, 1.165) is 56.1 Å². The number of aromatic nitrogens is 3. The van der Waals surface area contributed by atoms with Crippen LogP contribution in [0.2, 0.25) is 0 Å². The monoisotopic (exact) mass is 385 g/mol. The summed E-state index contributed by atoms with van der Waals surface area (Å²) in [6.45, 7) is 3.21. The number of aryl methyl sites for hydroxylation is 1. The Bertz CT molecular complexity index is 1000. The maximum Gasteiger partial charge on any atom is 0.131 e. The molecule has 1 aliphatic rings. The predicted octanol–water partition coefficient (Wildman–Crippen LogP) is 2.48. The quantitative estimate of drug-likeness (QED) is 0.696. The summed E-state index contributed by atoms with van der Waals surface area (Å²) in [6, 6.07) is 14.3. The number of morpholine rings is 1. The number of pyridine rings is 1. The summed E-state index contributed by atoms with van der Waals surface area (Å²) in [5.74, 6) is 7.75. The molecule has 0 unspecified atom stereocenters. The van der Waals surface area contributed by atoms with Crippen LogP contribution in [0.3, 0.4) is 0 Å². The number of ether oxygens (including phenoxy) is 1. The van der Waals surface area contributed by atoms with Gasteiger partial charge in [-0.25, -0.2) is 15.0 Å². The normalized spacial score (nSPS) is 13.6. The van der Waals surface area contributed by atoms with Gasteiger partial charge in [-0.15, -0.1) is 0 Å². The van der Waals surface area contributed by atoms with Crippen LogP contribution in [0.4, 0.5) is 11.6 Å². The van der Waals surface area contributed by atoms with E-state index in [9.17, 15) is 0 Å². The lowest BCUT2D eigenvalue weighted by atomic mass is 10.0. The molecule has 2 N–H and O–H groups in total. The third-order valence-electron chi connectivity index (χ3n) is 4.89. The molecular formula is C23H23N5O. The highest BCUT2D eigenvalue weighted by Crippen LogP contribution is 2.16. The fourth-order valence-corrected chi connectivity index (χ4v) is 3.27. The van der Waals surface area contributed by atoms with Crippen LogP contribution in [0.1, 0.15) is 22.4 Å². The Morgan fingerprint density at radius 2 is 1.76 bits per heavy atom. The van der Waals surface area contributed by atoms with Crippen LogP contribution in [-0.2, 0) is 17.6 Å². The molecule has 3 heterocycles. The average Bonchev–Trinajstić information content (AvgIpc) is 2.79. The number of rotatable bonds is 4. The highest BCUT2D eigenvalue weighted by molar-refractivity contribution is 5.51. The first-order valence-corrected chi connectivity index (χ1v) is 9.73. The number of nitrogens with two attached hydrogens (primary N) is 1. The Morgan fingerprint density at radius 3 is 2.52 bits per heavy atom. The standard InChI is InChI=1S/C23H23N5O/c24-23-20(9-6-18-4-2-1-3-5-18)21(26-17-27-23)10-7-19-8-11-22(25-16-19)28-12-14-29-15-13-28/h1-5,8,11,16-17H,6,9,12-15H2,(H2,24,26,27). The van der Waals surface area contributed by atoms with E-state index >= 15 is 0 Å². The molecule has 2 aromatic heterocycles. The Morgan fingerprint density at radius 1 is 0.931 bits per heavy atom. The fourth-order valence-electron chi connectivity index (χ4n) is 3.27. The molecule has 0 spiro atoms. The van der Waals surface area contributed by atoms with E-state index in [1.54, 1.807) is 6.20 Å². The van der Waals surface area contributed by atoms with Crippen molar-refractivity contribution in [1.82, 2.24) is 15.0 Å². The molecule has 1 aromatic carbocycles. The Labute approximate surface area is 170 Å². The number of hydrogen-bond donors (Lipinski definition) is 1. The molecule has 1 saturated heterocycles. The van der Waals surface area contributed by atoms with E-state index in [4.69, 9.17) is 10.5 Å². The Balaban J connectivity index is 1.49. The number of benzene rings is 1. The highest BCUT2D eigenvalue weighted by Gasteiger charge is 2.12. The minimum absolute atomic E-state index is 0.487. The van der Waals surface area contributed by atoms with Crippen LogP contribution < -0.4 is 10.6 Å². The van der Waals surface area contributed by atoms with Gasteiger partial charge in [-0.2, -0.15) is 0 Å². The first kappa shape index (κ1) is 18.9. The average molecular weight is 385 g/mol. The van der Waals surface area contributed by atoms with Crippen LogP contribution in [0.5, 0.6) is 0 Å². The molecule has 1 aliphatic heterocycles. The summed E-state index contributed by atoms with van der Waals surface area (Å²) in [4.78, 5) is 15.2. The van der Waals surface area contributed by atoms with Gasteiger partial charge in [0, 0.05) is 30.4 Å². The second-order valence-electron chi connectivity index (χ2n) is 6.83. The maximum atomic E-state index is 6.11. The Hall–Kier alpha value is -3.43. The molecule has 0 radical (unpaired) electrons. The van der Waals surface area contributed by atoms with E-state index in [0.29, 0.717) is 11.5 Å². The van der Waals surface area contributed by atoms with Gasteiger partial charge in [-0.05, 0) is 36.5 Å². The SMILES string of the molecule is Nc1ncnc(C#Cc2ccc(N3CCOCC3)nc2)c1CCc1ccccc1. The number of anilines is 2. The molecule has 1 fully saturated rings. The second kappa shape index (κ2) is 9.18. The lowest BCUT2D eigenvalue weighted by Gasteiger charge is -2.27. The first-order chi connectivity index (χ1) is 14.3. The van der Waals surface area contributed by atoms with Crippen molar-refractivity contribution in [2.45, 2.75) is 12.8 Å². The molecule has 0 aliphatic carbocycles. The van der Waals surface area contributed by atoms with E-state index in [1.807, 2.05) is 30.3 Å². The molecule has 6 heteroatoms. The van der Waals surface area contributed by atoms with Gasteiger partial charge < -0.3 is 15.4 Å². The maximum absolute atomic E-state index is 6.11. The molecule has 0 saturated carbocycles. The minimum atomic E-state index is 0.487. The van der Waals surface area contributed by atoms with Crippen molar-refractivity contribution in [2.24, 2.45) is 0 Å². The van der Waals surface area contributed by atoms with E-state index < -0.39 is 0 Å². The fraction of sp³-hybridized carbons (Fsp3) is 0.261. The van der Waals surface area contributed by atoms with Crippen LogP contribution >= 0.6 is 0 Å². The van der Waals surface area contributed by atoms with E-state index in [-0.39, 0.29) is 0 Å². The molecular weight excluding hydrogens is 362 g/mol. The lowest BCUT2D eigenvalue weighted by Crippen LogP contribution is -2.36. The number of hydrogen-bond acceptors (Lipinski definition) is 6. The van der Waals surface area contributed by atoms with Crippen molar-refractivity contribution in [3.63, 3.8) is 0 Å². The van der Waals surface area contributed by atoms with Crippen LogP contribution in [-0.4, -0.2) is 41.3 Å². The Kier molecular flexibility index (Phi) is 5.98. The molecule has 0 atom stereocenters. The molecule has 4 rings (SSSR count). The summed E-state index contributed by atoms with van der Waals surface area (Å²) in [7, 11) is 0. The molecule has 0 bridgehead atoms. The van der Waals surface area contributed by atoms with Crippen molar-refractivity contribution >= 4 is 11.6 Å². The smallest absolute Gasteiger partial charge is 0.131 e. The number of nitrogens with zero attached hydrogens (tertiary/aromatic N) is 4. The zero-order valence-corrected chi connectivity index (χ0v) is 16.2. The molecule has 29 heavy (non-hydrogen) atoms. The zero-order valence-electron chi connectivity index (χ0n) is 16.2. The van der Waals surface area contributed by atoms with Crippen LogP contribution in [0, 0.1) is 11.8 Å². The van der Waals surface area contributed by atoms with E-state index in [2.05, 4.69) is 43.8 Å². The van der Waals surface area contributed by atoms with E-state index in [1.165, 1.54) is 11.9 Å². The summed E-state index contributed by atoms with van der Waals surface area (Å²) < 4.78 is 5.39. The van der Waals surface area contributed by atoms with Crippen molar-refractivity contribution in [1.29, 1.82) is 0 Å². The van der Waals surface area contributed by atoms with Crippen molar-refractivity contribution in [2.75, 3.05) is 36.9 Å². The first-order valence-electron chi connectivity index (χ1n) is 9.73. The topological polar surface area (TPSA) is 77.2 Å². The van der Waals surface area contributed by atoms with Gasteiger partial charge in [0.05, 0.1) is 13.2 Å². The third-order valence-corrected chi connectivity index (χ3v) is 4.89. The summed E-state index contributed by atoms with van der Waals surface area (Å²) in [5, 5.41) is 0. The molecule has 3 aromatic rings. The zero-order chi connectivity index (χ0) is 19.9. The van der Waals surface area contributed by atoms with Crippen molar-refractivity contribution in [3.8, 4) is 11.8 Å². The predicted molar refractivity (Wildman–Crippen MR) is 114 cm³/mol. The van der Waals surface area contributed by atoms with Gasteiger partial charge in [0.15, 0.2) is 0 Å². The van der Waals surface area contributed by atoms with Gasteiger partial charge in [-0.1, -0.05) is 36.3 Å². The van der Waals surface area contributed by atoms with Gasteiger partial charge in [0.2, 0.25) is 0 Å². The van der Waals surface area contributed by atoms with Crippen molar-refractivity contribution in [3.05, 3.63) is 77.4 Å².